The predicted octanol–water partition coefficient (Wildman–Crippen LogP) is 1.54. The highest BCUT2D eigenvalue weighted by Crippen LogP contribution is 2.12. The second kappa shape index (κ2) is 6.32. The van der Waals surface area contributed by atoms with E-state index in [0.29, 0.717) is 6.04 Å². The van der Waals surface area contributed by atoms with E-state index in [2.05, 4.69) is 60.5 Å². The molecule has 100 valence electrons. The lowest BCUT2D eigenvalue weighted by atomic mass is 10.1. The van der Waals surface area contributed by atoms with Crippen LogP contribution in [0.2, 0.25) is 0 Å². The van der Waals surface area contributed by atoms with E-state index in [0.717, 1.165) is 13.1 Å². The minimum absolute atomic E-state index is 0.655. The van der Waals surface area contributed by atoms with Gasteiger partial charge in [-0.1, -0.05) is 24.3 Å². The molecule has 18 heavy (non-hydrogen) atoms. The van der Waals surface area contributed by atoms with E-state index < -0.39 is 0 Å². The van der Waals surface area contributed by atoms with Crippen LogP contribution in [-0.2, 0) is 13.1 Å². The van der Waals surface area contributed by atoms with Crippen molar-refractivity contribution in [3.63, 3.8) is 0 Å². The Hall–Kier alpha value is -0.900. The molecule has 1 heterocycles. The molecule has 2 rings (SSSR count). The molecule has 0 aromatic heterocycles. The maximum atomic E-state index is 3.68. The lowest BCUT2D eigenvalue weighted by Crippen LogP contribution is -2.31. The van der Waals surface area contributed by atoms with Crippen LogP contribution >= 0.6 is 0 Å². The molecule has 0 spiro atoms. The van der Waals surface area contributed by atoms with Crippen molar-refractivity contribution in [3.8, 4) is 0 Å². The van der Waals surface area contributed by atoms with Crippen LogP contribution in [0.4, 0.5) is 0 Å². The standard InChI is InChI=1S/C15H25N3/c1-17(2)11-14-7-5-4-6-13(14)10-16-15-8-9-18(3)12-15/h4-7,15-16H,8-12H2,1-3H3. The summed E-state index contributed by atoms with van der Waals surface area (Å²) in [5.41, 5.74) is 2.86. The van der Waals surface area contributed by atoms with Crippen LogP contribution in [0.3, 0.4) is 0 Å². The second-order valence-electron chi connectivity index (χ2n) is 5.64. The van der Waals surface area contributed by atoms with Gasteiger partial charge < -0.3 is 15.1 Å². The average molecular weight is 247 g/mol. The number of nitrogens with zero attached hydrogens (tertiary/aromatic N) is 2. The van der Waals surface area contributed by atoms with Crippen molar-refractivity contribution in [2.24, 2.45) is 0 Å². The molecule has 1 N–H and O–H groups in total. The van der Waals surface area contributed by atoms with E-state index in [1.54, 1.807) is 0 Å². The van der Waals surface area contributed by atoms with Gasteiger partial charge in [0.1, 0.15) is 0 Å². The maximum absolute atomic E-state index is 3.68. The van der Waals surface area contributed by atoms with Crippen molar-refractivity contribution in [1.82, 2.24) is 15.1 Å². The molecule has 0 amide bonds. The lowest BCUT2D eigenvalue weighted by molar-refractivity contribution is 0.393. The topological polar surface area (TPSA) is 18.5 Å². The Balaban J connectivity index is 1.92. The molecule has 0 saturated carbocycles. The van der Waals surface area contributed by atoms with Gasteiger partial charge in [0.25, 0.3) is 0 Å². The summed E-state index contributed by atoms with van der Waals surface area (Å²) >= 11 is 0. The predicted molar refractivity (Wildman–Crippen MR) is 76.6 cm³/mol. The van der Waals surface area contributed by atoms with Crippen LogP contribution in [0.5, 0.6) is 0 Å². The van der Waals surface area contributed by atoms with Crippen LogP contribution in [0.25, 0.3) is 0 Å². The Morgan fingerprint density at radius 2 is 2.00 bits per heavy atom. The van der Waals surface area contributed by atoms with Gasteiger partial charge in [0.15, 0.2) is 0 Å². The third-order valence-corrected chi connectivity index (χ3v) is 3.58. The maximum Gasteiger partial charge on any atom is 0.0230 e. The summed E-state index contributed by atoms with van der Waals surface area (Å²) in [7, 11) is 6.44. The molecule has 1 atom stereocenters. The normalized spacial score (nSPS) is 20.8. The largest absolute Gasteiger partial charge is 0.309 e. The minimum Gasteiger partial charge on any atom is -0.309 e. The van der Waals surface area contributed by atoms with E-state index in [1.165, 1.54) is 30.6 Å². The molecule has 1 fully saturated rings. The highest BCUT2D eigenvalue weighted by Gasteiger charge is 2.18. The number of benzene rings is 1. The third-order valence-electron chi connectivity index (χ3n) is 3.58. The molecule has 1 aromatic carbocycles. The molecule has 3 heteroatoms. The zero-order chi connectivity index (χ0) is 13.0. The Kier molecular flexibility index (Phi) is 4.75. The number of likely N-dealkylation sites (tertiary alicyclic amines) is 1. The quantitative estimate of drug-likeness (QED) is 0.851. The molecule has 1 aliphatic heterocycles. The summed E-state index contributed by atoms with van der Waals surface area (Å²) in [6.07, 6.45) is 1.27. The number of rotatable bonds is 5. The SMILES string of the molecule is CN(C)Cc1ccccc1CNC1CCN(C)C1. The Morgan fingerprint density at radius 1 is 1.28 bits per heavy atom. The zero-order valence-electron chi connectivity index (χ0n) is 11.8. The van der Waals surface area contributed by atoms with Gasteiger partial charge in [-0.2, -0.15) is 0 Å². The molecule has 0 bridgehead atoms. The van der Waals surface area contributed by atoms with Crippen molar-refractivity contribution in [2.45, 2.75) is 25.6 Å². The van der Waals surface area contributed by atoms with Gasteiger partial charge in [0.2, 0.25) is 0 Å². The first-order valence-electron chi connectivity index (χ1n) is 6.78. The molecule has 0 radical (unpaired) electrons. The first-order chi connectivity index (χ1) is 8.65. The fourth-order valence-corrected chi connectivity index (χ4v) is 2.58. The van der Waals surface area contributed by atoms with E-state index >= 15 is 0 Å². The molecule has 1 saturated heterocycles. The summed E-state index contributed by atoms with van der Waals surface area (Å²) in [6.45, 7) is 4.40. The third kappa shape index (κ3) is 3.80. The molecule has 0 aliphatic carbocycles. The summed E-state index contributed by atoms with van der Waals surface area (Å²) in [4.78, 5) is 4.62. The van der Waals surface area contributed by atoms with Crippen LogP contribution in [0.1, 0.15) is 17.5 Å². The van der Waals surface area contributed by atoms with Crippen molar-refractivity contribution in [1.29, 1.82) is 0 Å². The number of likely N-dealkylation sites (N-methyl/N-ethyl adjacent to an activating group) is 1. The molecule has 3 nitrogen and oxygen atoms in total. The number of nitrogens with one attached hydrogen (secondary N) is 1. The Labute approximate surface area is 111 Å². The molecule has 1 aromatic rings. The highest BCUT2D eigenvalue weighted by atomic mass is 15.2. The number of hydrogen-bond acceptors (Lipinski definition) is 3. The van der Waals surface area contributed by atoms with Gasteiger partial charge in [-0.25, -0.2) is 0 Å². The fourth-order valence-electron chi connectivity index (χ4n) is 2.58. The van der Waals surface area contributed by atoms with Crippen LogP contribution < -0.4 is 5.32 Å². The van der Waals surface area contributed by atoms with Crippen molar-refractivity contribution >= 4 is 0 Å². The Bertz CT molecular complexity index is 376. The minimum atomic E-state index is 0.655. The van der Waals surface area contributed by atoms with Crippen molar-refractivity contribution in [2.75, 3.05) is 34.2 Å². The smallest absolute Gasteiger partial charge is 0.0230 e. The molecular weight excluding hydrogens is 222 g/mol. The average Bonchev–Trinajstić information content (AvgIpc) is 2.73. The van der Waals surface area contributed by atoms with Gasteiger partial charge in [0.05, 0.1) is 0 Å². The van der Waals surface area contributed by atoms with Crippen LogP contribution in [0, 0.1) is 0 Å². The van der Waals surface area contributed by atoms with Crippen molar-refractivity contribution < 1.29 is 0 Å². The first-order valence-corrected chi connectivity index (χ1v) is 6.78. The van der Waals surface area contributed by atoms with Gasteiger partial charge >= 0.3 is 0 Å². The monoisotopic (exact) mass is 247 g/mol. The van der Waals surface area contributed by atoms with E-state index in [1.807, 2.05) is 0 Å². The molecular formula is C15H25N3. The zero-order valence-corrected chi connectivity index (χ0v) is 11.8. The van der Waals surface area contributed by atoms with Crippen molar-refractivity contribution in [3.05, 3.63) is 35.4 Å². The summed E-state index contributed by atoms with van der Waals surface area (Å²) < 4.78 is 0. The lowest BCUT2D eigenvalue weighted by Gasteiger charge is -2.17. The summed E-state index contributed by atoms with van der Waals surface area (Å²) in [5, 5.41) is 3.68. The second-order valence-corrected chi connectivity index (χ2v) is 5.64. The molecule has 1 unspecified atom stereocenters. The van der Waals surface area contributed by atoms with E-state index in [-0.39, 0.29) is 0 Å². The van der Waals surface area contributed by atoms with E-state index in [9.17, 15) is 0 Å². The van der Waals surface area contributed by atoms with Gasteiger partial charge in [-0.15, -0.1) is 0 Å². The van der Waals surface area contributed by atoms with Gasteiger partial charge in [0, 0.05) is 25.7 Å². The highest BCUT2D eigenvalue weighted by molar-refractivity contribution is 5.27. The fraction of sp³-hybridized carbons (Fsp3) is 0.600. The van der Waals surface area contributed by atoms with Gasteiger partial charge in [-0.05, 0) is 45.2 Å². The van der Waals surface area contributed by atoms with Crippen LogP contribution in [-0.4, -0.2) is 50.1 Å². The molecule has 1 aliphatic rings. The summed E-state index contributed by atoms with van der Waals surface area (Å²) in [5.74, 6) is 0. The number of hydrogen-bond donors (Lipinski definition) is 1. The summed E-state index contributed by atoms with van der Waals surface area (Å²) in [6, 6.07) is 9.40. The van der Waals surface area contributed by atoms with E-state index in [4.69, 9.17) is 0 Å². The van der Waals surface area contributed by atoms with Crippen LogP contribution in [0.15, 0.2) is 24.3 Å². The van der Waals surface area contributed by atoms with Gasteiger partial charge in [-0.3, -0.25) is 0 Å². The Morgan fingerprint density at radius 3 is 2.61 bits per heavy atom. The first kappa shape index (κ1) is 13.5.